The average Bonchev–Trinajstić information content (AvgIpc) is 2.68. The lowest BCUT2D eigenvalue weighted by atomic mass is 9.99. The van der Waals surface area contributed by atoms with Crippen LogP contribution in [0.4, 0.5) is 9.18 Å². The van der Waals surface area contributed by atoms with Gasteiger partial charge in [-0.15, -0.1) is 0 Å². The number of aromatic nitrogens is 1. The number of pyridine rings is 1. The van der Waals surface area contributed by atoms with Crippen molar-refractivity contribution in [3.8, 4) is 11.1 Å². The van der Waals surface area contributed by atoms with E-state index in [2.05, 4.69) is 15.2 Å². The third-order valence-corrected chi connectivity index (χ3v) is 4.98. The van der Waals surface area contributed by atoms with Gasteiger partial charge in [0.25, 0.3) is 5.56 Å². The standard InChI is InChI=1S/C20H24FN3O3/c21-17-12-16(13-22-19(17)25)14-4-6-15(7-5-14)18(23-20(26)27)8-11-24-9-2-1-3-10-24/h4-7,12-13,18,23H,1-3,8-11H2,(H,22,25)(H,26,27). The number of piperidine rings is 1. The van der Waals surface area contributed by atoms with Crippen molar-refractivity contribution in [1.82, 2.24) is 15.2 Å². The number of hydrogen-bond donors (Lipinski definition) is 3. The van der Waals surface area contributed by atoms with Crippen molar-refractivity contribution < 1.29 is 14.3 Å². The van der Waals surface area contributed by atoms with Crippen LogP contribution < -0.4 is 10.9 Å². The van der Waals surface area contributed by atoms with Crippen LogP contribution in [0.2, 0.25) is 0 Å². The Balaban J connectivity index is 1.72. The minimum atomic E-state index is -1.05. The Kier molecular flexibility index (Phi) is 6.24. The lowest BCUT2D eigenvalue weighted by Gasteiger charge is -2.28. The van der Waals surface area contributed by atoms with E-state index in [0.29, 0.717) is 12.0 Å². The smallest absolute Gasteiger partial charge is 0.405 e. The first-order chi connectivity index (χ1) is 13.0. The average molecular weight is 373 g/mol. The predicted octanol–water partition coefficient (Wildman–Crippen LogP) is 3.37. The molecule has 3 N–H and O–H groups in total. The second-order valence-corrected chi connectivity index (χ2v) is 6.88. The zero-order valence-electron chi connectivity index (χ0n) is 15.1. The molecule has 1 aliphatic heterocycles. The second kappa shape index (κ2) is 8.81. The van der Waals surface area contributed by atoms with Gasteiger partial charge in [0.2, 0.25) is 0 Å². The van der Waals surface area contributed by atoms with E-state index in [4.69, 9.17) is 0 Å². The molecular weight excluding hydrogens is 349 g/mol. The summed E-state index contributed by atoms with van der Waals surface area (Å²) in [5.41, 5.74) is 1.43. The second-order valence-electron chi connectivity index (χ2n) is 6.88. The summed E-state index contributed by atoms with van der Waals surface area (Å²) < 4.78 is 13.5. The largest absolute Gasteiger partial charge is 0.465 e. The molecule has 1 saturated heterocycles. The highest BCUT2D eigenvalue weighted by Gasteiger charge is 2.17. The van der Waals surface area contributed by atoms with Crippen molar-refractivity contribution in [1.29, 1.82) is 0 Å². The van der Waals surface area contributed by atoms with Gasteiger partial charge in [0.1, 0.15) is 0 Å². The summed E-state index contributed by atoms with van der Waals surface area (Å²) in [5.74, 6) is -0.830. The van der Waals surface area contributed by atoms with Gasteiger partial charge in [0, 0.05) is 18.3 Å². The molecule has 1 unspecified atom stereocenters. The molecular formula is C20H24FN3O3. The van der Waals surface area contributed by atoms with Crippen molar-refractivity contribution in [2.45, 2.75) is 31.7 Å². The topological polar surface area (TPSA) is 85.4 Å². The SMILES string of the molecule is O=C(O)NC(CCN1CCCCC1)c1ccc(-c2c[nH]c(=O)c(F)c2)cc1. The summed E-state index contributed by atoms with van der Waals surface area (Å²) >= 11 is 0. The molecule has 0 spiro atoms. The first-order valence-electron chi connectivity index (χ1n) is 9.23. The van der Waals surface area contributed by atoms with Gasteiger partial charge in [-0.05, 0) is 49.5 Å². The molecule has 3 rings (SSSR count). The van der Waals surface area contributed by atoms with Crippen molar-refractivity contribution in [3.63, 3.8) is 0 Å². The van der Waals surface area contributed by atoms with E-state index in [-0.39, 0.29) is 6.04 Å². The molecule has 1 fully saturated rings. The number of hydrogen-bond acceptors (Lipinski definition) is 3. The van der Waals surface area contributed by atoms with Crippen LogP contribution in [-0.2, 0) is 0 Å². The highest BCUT2D eigenvalue weighted by atomic mass is 19.1. The van der Waals surface area contributed by atoms with E-state index in [0.717, 1.165) is 30.8 Å². The number of aromatic amines is 1. The molecule has 1 aromatic heterocycles. The third kappa shape index (κ3) is 5.17. The minimum Gasteiger partial charge on any atom is -0.465 e. The summed E-state index contributed by atoms with van der Waals surface area (Å²) in [7, 11) is 0. The normalized spacial score (nSPS) is 16.0. The lowest BCUT2D eigenvalue weighted by Crippen LogP contribution is -2.34. The molecule has 1 aliphatic rings. The molecule has 1 aromatic carbocycles. The zero-order valence-corrected chi connectivity index (χ0v) is 15.1. The van der Waals surface area contributed by atoms with Crippen LogP contribution in [0.25, 0.3) is 11.1 Å². The van der Waals surface area contributed by atoms with Crippen LogP contribution in [-0.4, -0.2) is 40.7 Å². The van der Waals surface area contributed by atoms with Gasteiger partial charge in [-0.3, -0.25) is 4.79 Å². The fourth-order valence-electron chi connectivity index (χ4n) is 3.50. The monoisotopic (exact) mass is 373 g/mol. The molecule has 144 valence electrons. The minimum absolute atomic E-state index is 0.300. The summed E-state index contributed by atoms with van der Waals surface area (Å²) in [4.78, 5) is 27.1. The number of benzene rings is 1. The molecule has 0 aliphatic carbocycles. The van der Waals surface area contributed by atoms with Gasteiger partial charge >= 0.3 is 6.09 Å². The maximum atomic E-state index is 13.5. The molecule has 2 aromatic rings. The van der Waals surface area contributed by atoms with Gasteiger partial charge < -0.3 is 20.3 Å². The summed E-state index contributed by atoms with van der Waals surface area (Å²) in [5, 5.41) is 11.8. The Morgan fingerprint density at radius 2 is 1.89 bits per heavy atom. The van der Waals surface area contributed by atoms with E-state index >= 15 is 0 Å². The molecule has 7 heteroatoms. The Labute approximate surface area is 157 Å². The molecule has 1 atom stereocenters. The lowest BCUT2D eigenvalue weighted by molar-refractivity contribution is 0.183. The highest BCUT2D eigenvalue weighted by Crippen LogP contribution is 2.24. The van der Waals surface area contributed by atoms with Gasteiger partial charge in [-0.2, -0.15) is 0 Å². The quantitative estimate of drug-likeness (QED) is 0.725. The highest BCUT2D eigenvalue weighted by molar-refractivity contribution is 5.66. The van der Waals surface area contributed by atoms with Crippen molar-refractivity contribution in [2.75, 3.05) is 19.6 Å². The van der Waals surface area contributed by atoms with Crippen LogP contribution in [0.15, 0.2) is 41.3 Å². The van der Waals surface area contributed by atoms with E-state index in [1.807, 2.05) is 12.1 Å². The van der Waals surface area contributed by atoms with E-state index < -0.39 is 17.5 Å². The predicted molar refractivity (Wildman–Crippen MR) is 101 cm³/mol. The Bertz CT molecular complexity index is 829. The first-order valence-corrected chi connectivity index (χ1v) is 9.23. The maximum Gasteiger partial charge on any atom is 0.405 e. The fourth-order valence-corrected chi connectivity index (χ4v) is 3.50. The Morgan fingerprint density at radius 1 is 1.19 bits per heavy atom. The van der Waals surface area contributed by atoms with Crippen LogP contribution in [0.1, 0.15) is 37.3 Å². The first kappa shape index (κ1) is 19.1. The number of likely N-dealkylation sites (tertiary alicyclic amines) is 1. The number of carboxylic acid groups (broad SMARTS) is 1. The van der Waals surface area contributed by atoms with Crippen LogP contribution in [0, 0.1) is 5.82 Å². The van der Waals surface area contributed by atoms with Gasteiger partial charge in [-0.25, -0.2) is 9.18 Å². The number of carbonyl (C=O) groups is 1. The van der Waals surface area contributed by atoms with Crippen molar-refractivity contribution in [3.05, 3.63) is 58.3 Å². The van der Waals surface area contributed by atoms with E-state index in [1.165, 1.54) is 31.5 Å². The number of halogens is 1. The molecule has 27 heavy (non-hydrogen) atoms. The Hall–Kier alpha value is -2.67. The van der Waals surface area contributed by atoms with Gasteiger partial charge in [-0.1, -0.05) is 30.7 Å². The van der Waals surface area contributed by atoms with E-state index in [9.17, 15) is 19.1 Å². The van der Waals surface area contributed by atoms with Gasteiger partial charge in [0.05, 0.1) is 6.04 Å². The summed E-state index contributed by atoms with van der Waals surface area (Å²) in [6.45, 7) is 2.98. The molecule has 0 radical (unpaired) electrons. The summed E-state index contributed by atoms with van der Waals surface area (Å²) in [6, 6.07) is 8.19. The van der Waals surface area contributed by atoms with Crippen LogP contribution in [0.5, 0.6) is 0 Å². The molecule has 0 saturated carbocycles. The zero-order chi connectivity index (χ0) is 19.2. The molecule has 1 amide bonds. The molecule has 6 nitrogen and oxygen atoms in total. The maximum absolute atomic E-state index is 13.5. The summed E-state index contributed by atoms with van der Waals surface area (Å²) in [6.07, 6.45) is 4.76. The number of rotatable bonds is 6. The number of nitrogens with zero attached hydrogens (tertiary/aromatic N) is 1. The number of nitrogens with one attached hydrogen (secondary N) is 2. The molecule has 0 bridgehead atoms. The Morgan fingerprint density at radius 3 is 2.52 bits per heavy atom. The fraction of sp³-hybridized carbons (Fsp3) is 0.400. The number of H-pyrrole nitrogens is 1. The van der Waals surface area contributed by atoms with Crippen molar-refractivity contribution >= 4 is 6.09 Å². The van der Waals surface area contributed by atoms with Crippen LogP contribution in [0.3, 0.4) is 0 Å². The van der Waals surface area contributed by atoms with Gasteiger partial charge in [0.15, 0.2) is 5.82 Å². The van der Waals surface area contributed by atoms with Crippen LogP contribution >= 0.6 is 0 Å². The third-order valence-electron chi connectivity index (χ3n) is 4.98. The number of amides is 1. The molecule has 2 heterocycles. The van der Waals surface area contributed by atoms with Crippen molar-refractivity contribution in [2.24, 2.45) is 0 Å². The van der Waals surface area contributed by atoms with E-state index in [1.54, 1.807) is 12.1 Å².